The van der Waals surface area contributed by atoms with Crippen LogP contribution < -0.4 is 0 Å². The summed E-state index contributed by atoms with van der Waals surface area (Å²) in [6.07, 6.45) is 4.67. The maximum absolute atomic E-state index is 12.1. The molecule has 1 aliphatic carbocycles. The van der Waals surface area contributed by atoms with Gasteiger partial charge in [0, 0.05) is 13.1 Å². The van der Waals surface area contributed by atoms with Crippen LogP contribution in [0.2, 0.25) is 0 Å². The fourth-order valence-corrected chi connectivity index (χ4v) is 3.30. The van der Waals surface area contributed by atoms with E-state index in [1.165, 1.54) is 0 Å². The van der Waals surface area contributed by atoms with E-state index in [1.54, 1.807) is 0 Å². The summed E-state index contributed by atoms with van der Waals surface area (Å²) in [5.41, 5.74) is -0.424. The second-order valence-electron chi connectivity index (χ2n) is 7.03. The van der Waals surface area contributed by atoms with Crippen molar-refractivity contribution in [3.8, 4) is 0 Å². The van der Waals surface area contributed by atoms with Gasteiger partial charge in [0.2, 0.25) is 0 Å². The number of hydrogen-bond acceptors (Lipinski definition) is 3. The maximum atomic E-state index is 12.1. The van der Waals surface area contributed by atoms with Crippen LogP contribution in [0.5, 0.6) is 0 Å². The summed E-state index contributed by atoms with van der Waals surface area (Å²) in [7, 11) is 0. The lowest BCUT2D eigenvalue weighted by atomic mass is 9.75. The Morgan fingerprint density at radius 3 is 2.37 bits per heavy atom. The molecule has 0 spiro atoms. The molecule has 0 aromatic carbocycles. The molecule has 1 amide bonds. The van der Waals surface area contributed by atoms with Crippen LogP contribution in [0.4, 0.5) is 4.79 Å². The topological polar surface area (TPSA) is 49.8 Å². The van der Waals surface area contributed by atoms with Gasteiger partial charge in [-0.3, -0.25) is 0 Å². The van der Waals surface area contributed by atoms with Gasteiger partial charge in [-0.25, -0.2) is 4.79 Å². The first-order valence-electron chi connectivity index (χ1n) is 7.51. The highest BCUT2D eigenvalue weighted by Crippen LogP contribution is 2.37. The summed E-state index contributed by atoms with van der Waals surface area (Å²) < 4.78 is 5.44. The van der Waals surface area contributed by atoms with Gasteiger partial charge in [-0.15, -0.1) is 0 Å². The van der Waals surface area contributed by atoms with E-state index in [-0.39, 0.29) is 12.2 Å². The molecule has 1 saturated carbocycles. The van der Waals surface area contributed by atoms with Crippen molar-refractivity contribution in [1.82, 2.24) is 4.90 Å². The molecule has 2 aliphatic rings. The van der Waals surface area contributed by atoms with Crippen molar-refractivity contribution in [2.24, 2.45) is 11.8 Å². The fraction of sp³-hybridized carbons (Fsp3) is 0.933. The summed E-state index contributed by atoms with van der Waals surface area (Å²) in [5.74, 6) is 1.26. The summed E-state index contributed by atoms with van der Waals surface area (Å²) in [6, 6.07) is 0. The monoisotopic (exact) mass is 269 g/mol. The number of rotatable bonds is 0. The number of fused-ring (bicyclic) bond motifs is 1. The lowest BCUT2D eigenvalue weighted by Crippen LogP contribution is -2.37. The van der Waals surface area contributed by atoms with Crippen molar-refractivity contribution in [2.75, 3.05) is 13.1 Å². The standard InChI is InChI=1S/C15H27NO3/c1-15(2,3)19-14(18)16-8-6-11-4-5-13(17)10-12(11)7-9-16/h11-13,17H,4-10H2,1-3H3. The van der Waals surface area contributed by atoms with Gasteiger partial charge in [0.25, 0.3) is 0 Å². The number of hydrogen-bond donors (Lipinski definition) is 1. The Labute approximate surface area is 116 Å². The molecule has 1 heterocycles. The number of nitrogens with zero attached hydrogens (tertiary/aromatic N) is 1. The van der Waals surface area contributed by atoms with Crippen LogP contribution in [0.15, 0.2) is 0 Å². The van der Waals surface area contributed by atoms with Gasteiger partial charge in [-0.05, 0) is 64.7 Å². The van der Waals surface area contributed by atoms with Crippen LogP contribution >= 0.6 is 0 Å². The molecular formula is C15H27NO3. The molecule has 2 rings (SSSR count). The highest BCUT2D eigenvalue weighted by atomic mass is 16.6. The molecule has 1 aliphatic heterocycles. The van der Waals surface area contributed by atoms with Gasteiger partial charge >= 0.3 is 6.09 Å². The highest BCUT2D eigenvalue weighted by Gasteiger charge is 2.34. The van der Waals surface area contributed by atoms with E-state index in [9.17, 15) is 9.90 Å². The molecule has 0 radical (unpaired) electrons. The summed E-state index contributed by atoms with van der Waals surface area (Å²) in [4.78, 5) is 13.9. The summed E-state index contributed by atoms with van der Waals surface area (Å²) in [6.45, 7) is 7.27. The second kappa shape index (κ2) is 5.70. The van der Waals surface area contributed by atoms with Crippen molar-refractivity contribution in [1.29, 1.82) is 0 Å². The summed E-state index contributed by atoms with van der Waals surface area (Å²) in [5, 5.41) is 9.76. The van der Waals surface area contributed by atoms with Crippen LogP contribution in [0.25, 0.3) is 0 Å². The van der Waals surface area contributed by atoms with Crippen molar-refractivity contribution < 1.29 is 14.6 Å². The number of carbonyl (C=O) groups is 1. The third kappa shape index (κ3) is 4.10. The zero-order valence-electron chi connectivity index (χ0n) is 12.4. The Balaban J connectivity index is 1.91. The SMILES string of the molecule is CC(C)(C)OC(=O)N1CCC2CCC(O)CC2CC1. The molecule has 19 heavy (non-hydrogen) atoms. The third-order valence-corrected chi connectivity index (χ3v) is 4.30. The van der Waals surface area contributed by atoms with E-state index in [2.05, 4.69) is 0 Å². The summed E-state index contributed by atoms with van der Waals surface area (Å²) >= 11 is 0. The van der Waals surface area contributed by atoms with Gasteiger partial charge in [0.15, 0.2) is 0 Å². The Kier molecular flexibility index (Phi) is 4.39. The first-order chi connectivity index (χ1) is 8.85. The quantitative estimate of drug-likeness (QED) is 0.735. The largest absolute Gasteiger partial charge is 0.444 e. The van der Waals surface area contributed by atoms with E-state index in [0.29, 0.717) is 11.8 Å². The van der Waals surface area contributed by atoms with Gasteiger partial charge in [0.1, 0.15) is 5.60 Å². The molecule has 1 saturated heterocycles. The zero-order chi connectivity index (χ0) is 14.0. The van der Waals surface area contributed by atoms with Gasteiger partial charge in [-0.1, -0.05) is 0 Å². The van der Waals surface area contributed by atoms with Gasteiger partial charge < -0.3 is 14.7 Å². The minimum Gasteiger partial charge on any atom is -0.444 e. The Hall–Kier alpha value is -0.770. The smallest absolute Gasteiger partial charge is 0.410 e. The number of carbonyl (C=O) groups excluding carboxylic acids is 1. The van der Waals surface area contributed by atoms with Crippen LogP contribution in [0.3, 0.4) is 0 Å². The first kappa shape index (κ1) is 14.6. The van der Waals surface area contributed by atoms with Crippen molar-refractivity contribution in [3.05, 3.63) is 0 Å². The highest BCUT2D eigenvalue weighted by molar-refractivity contribution is 5.68. The number of amides is 1. The van der Waals surface area contributed by atoms with Crippen LogP contribution in [-0.4, -0.2) is 40.9 Å². The molecule has 1 N–H and O–H groups in total. The average molecular weight is 269 g/mol. The van der Waals surface area contributed by atoms with E-state index in [0.717, 1.165) is 45.2 Å². The normalized spacial score (nSPS) is 32.4. The predicted molar refractivity (Wildman–Crippen MR) is 73.9 cm³/mol. The molecule has 0 aromatic heterocycles. The van der Waals surface area contributed by atoms with E-state index in [1.807, 2.05) is 25.7 Å². The van der Waals surface area contributed by atoms with E-state index in [4.69, 9.17) is 4.74 Å². The molecule has 0 aromatic rings. The van der Waals surface area contributed by atoms with Crippen LogP contribution in [0.1, 0.15) is 52.9 Å². The molecule has 2 fully saturated rings. The number of aliphatic hydroxyl groups excluding tert-OH is 1. The van der Waals surface area contributed by atoms with Crippen molar-refractivity contribution in [2.45, 2.75) is 64.6 Å². The van der Waals surface area contributed by atoms with Crippen molar-refractivity contribution in [3.63, 3.8) is 0 Å². The molecular weight excluding hydrogens is 242 g/mol. The molecule has 4 heteroatoms. The predicted octanol–water partition coefficient (Wildman–Crippen LogP) is 2.79. The maximum Gasteiger partial charge on any atom is 0.410 e. The number of aliphatic hydroxyl groups is 1. The van der Waals surface area contributed by atoms with E-state index >= 15 is 0 Å². The van der Waals surface area contributed by atoms with Gasteiger partial charge in [0.05, 0.1) is 6.10 Å². The minimum absolute atomic E-state index is 0.130. The number of ether oxygens (including phenoxy) is 1. The third-order valence-electron chi connectivity index (χ3n) is 4.30. The van der Waals surface area contributed by atoms with Crippen molar-refractivity contribution >= 4 is 6.09 Å². The minimum atomic E-state index is -0.424. The lowest BCUT2D eigenvalue weighted by molar-refractivity contribution is 0.0254. The molecule has 4 nitrogen and oxygen atoms in total. The average Bonchev–Trinajstić information content (AvgIpc) is 2.48. The fourth-order valence-electron chi connectivity index (χ4n) is 3.30. The zero-order valence-corrected chi connectivity index (χ0v) is 12.4. The Morgan fingerprint density at radius 1 is 1.11 bits per heavy atom. The number of likely N-dealkylation sites (tertiary alicyclic amines) is 1. The first-order valence-corrected chi connectivity index (χ1v) is 7.51. The van der Waals surface area contributed by atoms with E-state index < -0.39 is 5.60 Å². The van der Waals surface area contributed by atoms with Gasteiger partial charge in [-0.2, -0.15) is 0 Å². The van der Waals surface area contributed by atoms with Crippen LogP contribution in [0, 0.1) is 11.8 Å². The second-order valence-corrected chi connectivity index (χ2v) is 7.03. The molecule has 110 valence electrons. The molecule has 0 bridgehead atoms. The Morgan fingerprint density at radius 2 is 1.74 bits per heavy atom. The lowest BCUT2D eigenvalue weighted by Gasteiger charge is -2.32. The molecule has 3 unspecified atom stereocenters. The van der Waals surface area contributed by atoms with Crippen LogP contribution in [-0.2, 0) is 4.74 Å². The molecule has 3 atom stereocenters. The Bertz CT molecular complexity index is 324.